The lowest BCUT2D eigenvalue weighted by Crippen LogP contribution is -2.49. The van der Waals surface area contributed by atoms with E-state index >= 15 is 0 Å². The highest BCUT2D eigenvalue weighted by atomic mass is 19.1. The minimum absolute atomic E-state index is 0.124. The number of benzene rings is 3. The van der Waals surface area contributed by atoms with Crippen molar-refractivity contribution in [1.82, 2.24) is 10.6 Å². The lowest BCUT2D eigenvalue weighted by atomic mass is 10.1. The van der Waals surface area contributed by atoms with Gasteiger partial charge in [0.25, 0.3) is 0 Å². The normalized spacial score (nSPS) is 12.8. The molecule has 266 valence electrons. The van der Waals surface area contributed by atoms with Gasteiger partial charge in [0.15, 0.2) is 11.6 Å². The average Bonchev–Trinajstić information content (AvgIpc) is 3.01. The smallest absolute Gasteiger partial charge is 0.460 e. The Bertz CT molecular complexity index is 1880. The molecule has 2 atom stereocenters. The van der Waals surface area contributed by atoms with Gasteiger partial charge in [0.05, 0.1) is 5.39 Å². The van der Waals surface area contributed by atoms with Crippen LogP contribution in [0.3, 0.4) is 0 Å². The fourth-order valence-corrected chi connectivity index (χ4v) is 4.47. The molecule has 0 bridgehead atoms. The molecule has 0 aliphatic carbocycles. The number of hydrogen-bond donors (Lipinski definition) is 2. The Balaban J connectivity index is 1.39. The molecule has 2 unspecified atom stereocenters. The van der Waals surface area contributed by atoms with E-state index in [1.165, 1.54) is 36.4 Å². The third-order valence-corrected chi connectivity index (χ3v) is 6.73. The van der Waals surface area contributed by atoms with Crippen LogP contribution >= 0.6 is 0 Å². The predicted molar refractivity (Wildman–Crippen MR) is 182 cm³/mol. The van der Waals surface area contributed by atoms with Gasteiger partial charge < -0.3 is 38.7 Å². The minimum atomic E-state index is -0.826. The monoisotopic (exact) mass is 692 g/mol. The fourth-order valence-electron chi connectivity index (χ4n) is 4.47. The first-order valence-corrected chi connectivity index (χ1v) is 15.9. The van der Waals surface area contributed by atoms with E-state index in [1.807, 2.05) is 0 Å². The predicted octanol–water partition coefficient (Wildman–Crippen LogP) is 7.06. The number of para-hydroxylation sites is 1. The van der Waals surface area contributed by atoms with Crippen LogP contribution in [0.5, 0.6) is 23.0 Å². The van der Waals surface area contributed by atoms with Crippen molar-refractivity contribution in [2.45, 2.75) is 78.2 Å². The van der Waals surface area contributed by atoms with Crippen molar-refractivity contribution in [2.24, 2.45) is 0 Å². The van der Waals surface area contributed by atoms with E-state index < -0.39 is 52.7 Å². The number of nitrogens with one attached hydrogen (secondary N) is 2. The Morgan fingerprint density at radius 3 is 2.16 bits per heavy atom. The first-order chi connectivity index (χ1) is 23.5. The quantitative estimate of drug-likeness (QED) is 0.0944. The molecule has 1 aromatic heterocycles. The Morgan fingerprint density at radius 1 is 0.840 bits per heavy atom. The molecule has 0 aliphatic rings. The molecule has 0 saturated carbocycles. The third-order valence-electron chi connectivity index (χ3n) is 6.73. The lowest BCUT2D eigenvalue weighted by molar-refractivity contribution is -0.136. The van der Waals surface area contributed by atoms with Gasteiger partial charge in [0.2, 0.25) is 11.2 Å². The number of alkyl carbamates (subject to hydrolysis) is 1. The number of amides is 1. The van der Waals surface area contributed by atoms with Crippen LogP contribution in [0.15, 0.2) is 82.2 Å². The van der Waals surface area contributed by atoms with Gasteiger partial charge in [-0.3, -0.25) is 4.79 Å². The van der Waals surface area contributed by atoms with Crippen molar-refractivity contribution in [3.8, 4) is 23.0 Å². The van der Waals surface area contributed by atoms with Crippen LogP contribution in [-0.4, -0.2) is 48.0 Å². The molecule has 0 aliphatic heterocycles. The standard InChI is InChI=1S/C37H41FN2O10/c1-22(33(42)46-26-16-17-27-30(19-26)45-21-31(32(27)41)48-29-11-9-8-10-28(29)38)39-20-24(40-34(43)49-36(2,3)4)18-23-12-14-25(15-13-23)47-35(44)50-37(5,6)7/h8-17,19,21-22,24,39H,18,20H2,1-7H3,(H,40,43). The molecular formula is C37H41FN2O10. The summed E-state index contributed by atoms with van der Waals surface area (Å²) in [5, 5.41) is 6.06. The van der Waals surface area contributed by atoms with E-state index in [-0.39, 0.29) is 34.8 Å². The minimum Gasteiger partial charge on any atom is -0.460 e. The second-order valence-electron chi connectivity index (χ2n) is 13.4. The third kappa shape index (κ3) is 11.3. The molecule has 0 spiro atoms. The summed E-state index contributed by atoms with van der Waals surface area (Å²) in [5.74, 6) is -1.18. The van der Waals surface area contributed by atoms with Crippen LogP contribution < -0.4 is 30.3 Å². The van der Waals surface area contributed by atoms with Crippen LogP contribution in [0.4, 0.5) is 14.0 Å². The van der Waals surface area contributed by atoms with E-state index in [0.29, 0.717) is 12.2 Å². The summed E-state index contributed by atoms with van der Waals surface area (Å²) < 4.78 is 46.3. The summed E-state index contributed by atoms with van der Waals surface area (Å²) in [5.41, 5.74) is -1.02. The van der Waals surface area contributed by atoms with Crippen LogP contribution in [0.2, 0.25) is 0 Å². The fraction of sp³-hybridized carbons (Fsp3) is 0.351. The molecule has 2 N–H and O–H groups in total. The zero-order valence-electron chi connectivity index (χ0n) is 29.0. The average molecular weight is 693 g/mol. The number of carbonyl (C=O) groups is 3. The summed E-state index contributed by atoms with van der Waals surface area (Å²) in [7, 11) is 0. The Kier molecular flexibility index (Phi) is 11.9. The summed E-state index contributed by atoms with van der Waals surface area (Å²) in [6.07, 6.45) is -0.0581. The number of fused-ring (bicyclic) bond motifs is 1. The van der Waals surface area contributed by atoms with E-state index in [0.717, 1.165) is 11.8 Å². The molecule has 4 aromatic rings. The van der Waals surface area contributed by atoms with Crippen LogP contribution in [-0.2, 0) is 20.7 Å². The highest BCUT2D eigenvalue weighted by molar-refractivity contribution is 5.82. The second kappa shape index (κ2) is 15.9. The van der Waals surface area contributed by atoms with Gasteiger partial charge >= 0.3 is 18.2 Å². The van der Waals surface area contributed by atoms with E-state index in [1.54, 1.807) is 78.8 Å². The van der Waals surface area contributed by atoms with Crippen LogP contribution in [0.25, 0.3) is 11.0 Å². The molecule has 13 heteroatoms. The highest BCUT2D eigenvalue weighted by Crippen LogP contribution is 2.26. The second-order valence-corrected chi connectivity index (χ2v) is 13.4. The SMILES string of the molecule is CC(NCC(Cc1ccc(OC(=O)OC(C)(C)C)cc1)NC(=O)OC(C)(C)C)C(=O)Oc1ccc2c(=O)c(Oc3ccccc3F)coc2c1. The van der Waals surface area contributed by atoms with Gasteiger partial charge in [0.1, 0.15) is 40.6 Å². The van der Waals surface area contributed by atoms with Crippen LogP contribution in [0.1, 0.15) is 54.0 Å². The zero-order chi connectivity index (χ0) is 36.6. The highest BCUT2D eigenvalue weighted by Gasteiger charge is 2.23. The summed E-state index contributed by atoms with van der Waals surface area (Å²) in [6.45, 7) is 12.2. The molecule has 1 amide bonds. The number of hydrogen-bond acceptors (Lipinski definition) is 11. The molecule has 0 fully saturated rings. The van der Waals surface area contributed by atoms with Gasteiger partial charge in [0, 0.05) is 18.7 Å². The van der Waals surface area contributed by atoms with Crippen molar-refractivity contribution in [3.05, 3.63) is 94.6 Å². The van der Waals surface area contributed by atoms with Gasteiger partial charge in [-0.2, -0.15) is 0 Å². The lowest BCUT2D eigenvalue weighted by Gasteiger charge is -2.25. The first-order valence-electron chi connectivity index (χ1n) is 15.9. The van der Waals surface area contributed by atoms with Gasteiger partial charge in [-0.15, -0.1) is 0 Å². The van der Waals surface area contributed by atoms with Gasteiger partial charge in [-0.1, -0.05) is 24.3 Å². The number of halogens is 1. The number of rotatable bonds is 11. The Labute approximate surface area is 288 Å². The van der Waals surface area contributed by atoms with Crippen molar-refractivity contribution >= 4 is 29.2 Å². The first kappa shape index (κ1) is 37.4. The molecule has 0 saturated heterocycles. The van der Waals surface area contributed by atoms with Gasteiger partial charge in [-0.25, -0.2) is 18.8 Å². The van der Waals surface area contributed by atoms with E-state index in [2.05, 4.69) is 10.6 Å². The van der Waals surface area contributed by atoms with Crippen LogP contribution in [0, 0.1) is 5.82 Å². The topological polar surface area (TPSA) is 152 Å². The molecule has 12 nitrogen and oxygen atoms in total. The molecule has 4 rings (SSSR count). The Hall–Kier alpha value is -5.43. The maximum atomic E-state index is 14.0. The maximum absolute atomic E-state index is 14.0. The van der Waals surface area contributed by atoms with E-state index in [4.69, 9.17) is 28.1 Å². The Morgan fingerprint density at radius 2 is 1.50 bits per heavy atom. The van der Waals surface area contributed by atoms with Gasteiger partial charge in [-0.05, 0) is 96.8 Å². The molecule has 1 heterocycles. The molecular weight excluding hydrogens is 651 g/mol. The number of carbonyl (C=O) groups excluding carboxylic acids is 3. The van der Waals surface area contributed by atoms with E-state index in [9.17, 15) is 23.6 Å². The van der Waals surface area contributed by atoms with Crippen molar-refractivity contribution < 1.29 is 46.9 Å². The van der Waals surface area contributed by atoms with Crippen molar-refractivity contribution in [3.63, 3.8) is 0 Å². The van der Waals surface area contributed by atoms with Crippen molar-refractivity contribution in [1.29, 1.82) is 0 Å². The number of ether oxygens (including phenoxy) is 5. The summed E-state index contributed by atoms with van der Waals surface area (Å²) in [6, 6.07) is 15.3. The maximum Gasteiger partial charge on any atom is 0.514 e. The largest absolute Gasteiger partial charge is 0.514 e. The summed E-state index contributed by atoms with van der Waals surface area (Å²) in [4.78, 5) is 50.6. The molecule has 3 aromatic carbocycles. The van der Waals surface area contributed by atoms with Crippen molar-refractivity contribution in [2.75, 3.05) is 6.54 Å². The zero-order valence-corrected chi connectivity index (χ0v) is 29.0. The number of esters is 1. The molecule has 0 radical (unpaired) electrons. The molecule has 50 heavy (non-hydrogen) atoms. The summed E-state index contributed by atoms with van der Waals surface area (Å²) >= 11 is 0.